The number of hydrogen-bond acceptors (Lipinski definition) is 4. The SMILES string of the molecule is CC(C)C(=O)/C=C(\O)C(C)(C)C.Cc1[c-]c(-c2nc(C)nc3c2ccc2cccc(CC(C)C)c23)cc(C(C)(C)C)c1.[Ir]. The van der Waals surface area contributed by atoms with Crippen LogP contribution in [0.4, 0.5) is 0 Å². The van der Waals surface area contributed by atoms with Gasteiger partial charge >= 0.3 is 0 Å². The molecule has 3 aromatic carbocycles. The molecule has 1 aromatic heterocycles. The van der Waals surface area contributed by atoms with Crippen LogP contribution in [0.15, 0.2) is 54.3 Å². The number of aromatic nitrogens is 2. The van der Waals surface area contributed by atoms with E-state index in [1.807, 2.05) is 41.5 Å². The summed E-state index contributed by atoms with van der Waals surface area (Å²) in [6.07, 6.45) is 2.37. The molecule has 0 spiro atoms. The van der Waals surface area contributed by atoms with E-state index in [9.17, 15) is 9.90 Å². The van der Waals surface area contributed by atoms with Crippen molar-refractivity contribution in [2.24, 2.45) is 17.3 Å². The first-order chi connectivity index (χ1) is 19.4. The topological polar surface area (TPSA) is 63.1 Å². The van der Waals surface area contributed by atoms with Gasteiger partial charge < -0.3 is 5.11 Å². The van der Waals surface area contributed by atoms with Crippen molar-refractivity contribution >= 4 is 27.5 Å². The van der Waals surface area contributed by atoms with Crippen LogP contribution >= 0.6 is 0 Å². The smallest absolute Gasteiger partial charge is 0.161 e. The first kappa shape index (κ1) is 36.3. The maximum atomic E-state index is 11.2. The summed E-state index contributed by atoms with van der Waals surface area (Å²) in [7, 11) is 0. The molecule has 0 saturated heterocycles. The van der Waals surface area contributed by atoms with Crippen molar-refractivity contribution in [3.63, 3.8) is 0 Å². The molecule has 0 saturated carbocycles. The van der Waals surface area contributed by atoms with Gasteiger partial charge in [-0.2, -0.15) is 0 Å². The molecule has 1 heterocycles. The zero-order chi connectivity index (χ0) is 31.6. The molecular weight excluding hydrogens is 709 g/mol. The number of aliphatic hydroxyl groups is 1. The Morgan fingerprint density at radius 2 is 1.60 bits per heavy atom. The van der Waals surface area contributed by atoms with Crippen molar-refractivity contribution in [2.45, 2.75) is 94.9 Å². The van der Waals surface area contributed by atoms with Gasteiger partial charge in [-0.05, 0) is 46.7 Å². The van der Waals surface area contributed by atoms with Crippen molar-refractivity contribution < 1.29 is 30.0 Å². The predicted molar refractivity (Wildman–Crippen MR) is 178 cm³/mol. The molecule has 4 nitrogen and oxygen atoms in total. The third-order valence-electron chi connectivity index (χ3n) is 7.28. The number of nitrogens with zero attached hydrogens (tertiary/aromatic N) is 2. The van der Waals surface area contributed by atoms with Gasteiger partial charge in [-0.3, -0.25) is 9.78 Å². The molecule has 43 heavy (non-hydrogen) atoms. The van der Waals surface area contributed by atoms with Crippen LogP contribution in [0.25, 0.3) is 32.9 Å². The summed E-state index contributed by atoms with van der Waals surface area (Å²) < 4.78 is 0. The van der Waals surface area contributed by atoms with Gasteiger partial charge in [0.15, 0.2) is 5.78 Å². The van der Waals surface area contributed by atoms with E-state index in [1.54, 1.807) is 0 Å². The molecule has 5 heteroatoms. The van der Waals surface area contributed by atoms with Crippen molar-refractivity contribution in [3.8, 4) is 11.3 Å². The predicted octanol–water partition coefficient (Wildman–Crippen LogP) is 10.1. The second-order valence-electron chi connectivity index (χ2n) is 14.2. The monoisotopic (exact) mass is 758 g/mol. The Hall–Kier alpha value is -2.88. The number of carbonyl (C=O) groups excluding carboxylic acids is 1. The van der Waals surface area contributed by atoms with Crippen LogP contribution in [0, 0.1) is 37.2 Å². The summed E-state index contributed by atoms with van der Waals surface area (Å²) in [6.45, 7) is 24.6. The normalized spacial score (nSPS) is 12.4. The van der Waals surface area contributed by atoms with Crippen molar-refractivity contribution in [2.75, 3.05) is 0 Å². The average molecular weight is 758 g/mol. The molecule has 0 aliphatic heterocycles. The number of allylic oxidation sites excluding steroid dienone is 2. The summed E-state index contributed by atoms with van der Waals surface area (Å²) in [5, 5.41) is 13.1. The van der Waals surface area contributed by atoms with Crippen molar-refractivity contribution in [1.82, 2.24) is 9.97 Å². The number of benzene rings is 3. The molecule has 1 radical (unpaired) electrons. The minimum absolute atomic E-state index is 0. The number of rotatable bonds is 5. The first-order valence-corrected chi connectivity index (χ1v) is 15.1. The van der Waals surface area contributed by atoms with Crippen LogP contribution in [-0.4, -0.2) is 20.9 Å². The van der Waals surface area contributed by atoms with E-state index in [0.717, 1.165) is 40.0 Å². The van der Waals surface area contributed by atoms with Crippen LogP contribution in [0.3, 0.4) is 0 Å². The summed E-state index contributed by atoms with van der Waals surface area (Å²) >= 11 is 0. The van der Waals surface area contributed by atoms with Gasteiger partial charge in [0.1, 0.15) is 11.6 Å². The molecule has 0 aliphatic carbocycles. The molecule has 0 fully saturated rings. The Morgan fingerprint density at radius 3 is 2.16 bits per heavy atom. The minimum Gasteiger partial charge on any atom is -0.512 e. The first-order valence-electron chi connectivity index (χ1n) is 15.1. The van der Waals surface area contributed by atoms with E-state index in [0.29, 0.717) is 5.92 Å². The second-order valence-corrected chi connectivity index (χ2v) is 14.2. The molecular formula is C38H49IrN2O2-. The average Bonchev–Trinajstić information content (AvgIpc) is 2.86. The van der Waals surface area contributed by atoms with E-state index >= 15 is 0 Å². The van der Waals surface area contributed by atoms with Gasteiger partial charge in [-0.1, -0.05) is 106 Å². The van der Waals surface area contributed by atoms with Gasteiger partial charge in [0, 0.05) is 42.9 Å². The van der Waals surface area contributed by atoms with Gasteiger partial charge in [0.2, 0.25) is 0 Å². The summed E-state index contributed by atoms with van der Waals surface area (Å²) in [6, 6.07) is 19.0. The summed E-state index contributed by atoms with van der Waals surface area (Å²) in [5.41, 5.74) is 6.64. The standard InChI is InChI=1S/C28H31N2.C10H18O2.Ir/c1-17(2)13-21-10-8-9-20-11-12-24-26(29-19(4)30-27(24)25(20)21)22-14-18(3)15-23(16-22)28(5,6)7;1-7(2)8(11)6-9(12)10(3,4)5;/h8-12,15-17H,13H2,1-7H3;6-7,12H,1-5H3;/q-1;;/b;9-6-;. The van der Waals surface area contributed by atoms with Gasteiger partial charge in [0.05, 0.1) is 5.52 Å². The number of aryl methyl sites for hydroxylation is 2. The van der Waals surface area contributed by atoms with Crippen LogP contribution < -0.4 is 0 Å². The van der Waals surface area contributed by atoms with Crippen LogP contribution in [0.2, 0.25) is 0 Å². The number of aliphatic hydroxyl groups excluding tert-OH is 1. The van der Waals surface area contributed by atoms with Crippen LogP contribution in [0.5, 0.6) is 0 Å². The summed E-state index contributed by atoms with van der Waals surface area (Å²) in [5.74, 6) is 1.47. The minimum atomic E-state index is -0.329. The zero-order valence-corrected chi connectivity index (χ0v) is 30.5. The van der Waals surface area contributed by atoms with Crippen LogP contribution in [-0.2, 0) is 36.7 Å². The van der Waals surface area contributed by atoms with Crippen LogP contribution in [0.1, 0.15) is 91.8 Å². The Morgan fingerprint density at radius 1 is 0.953 bits per heavy atom. The number of carbonyl (C=O) groups is 1. The fourth-order valence-electron chi connectivity index (χ4n) is 4.76. The molecule has 0 amide bonds. The maximum Gasteiger partial charge on any atom is 0.161 e. The molecule has 4 aromatic rings. The van der Waals surface area contributed by atoms with E-state index in [4.69, 9.17) is 9.97 Å². The van der Waals surface area contributed by atoms with E-state index in [-0.39, 0.29) is 48.4 Å². The Bertz CT molecular complexity index is 1620. The molecule has 0 bridgehead atoms. The van der Waals surface area contributed by atoms with Gasteiger partial charge in [-0.25, -0.2) is 4.98 Å². The molecule has 0 atom stereocenters. The largest absolute Gasteiger partial charge is 0.512 e. The van der Waals surface area contributed by atoms with E-state index in [2.05, 4.69) is 90.1 Å². The number of hydrogen-bond donors (Lipinski definition) is 1. The fraction of sp³-hybridized carbons (Fsp3) is 0.447. The third kappa shape index (κ3) is 9.30. The zero-order valence-electron chi connectivity index (χ0n) is 28.1. The molecule has 1 N–H and O–H groups in total. The Labute approximate surface area is 272 Å². The van der Waals surface area contributed by atoms with E-state index in [1.165, 1.54) is 28.0 Å². The second kappa shape index (κ2) is 14.3. The van der Waals surface area contributed by atoms with Crippen molar-refractivity contribution in [1.29, 1.82) is 0 Å². The van der Waals surface area contributed by atoms with Crippen molar-refractivity contribution in [3.05, 3.63) is 82.9 Å². The molecule has 233 valence electrons. The number of ketones is 1. The molecule has 0 aliphatic rings. The number of fused-ring (bicyclic) bond motifs is 3. The quantitative estimate of drug-likeness (QED) is 0.0953. The summed E-state index contributed by atoms with van der Waals surface area (Å²) in [4.78, 5) is 21.0. The van der Waals surface area contributed by atoms with Gasteiger partial charge in [-0.15, -0.1) is 34.9 Å². The Balaban J connectivity index is 0.000000424. The van der Waals surface area contributed by atoms with E-state index < -0.39 is 0 Å². The fourth-order valence-corrected chi connectivity index (χ4v) is 4.76. The molecule has 4 rings (SSSR count). The molecule has 0 unspecified atom stereocenters. The maximum absolute atomic E-state index is 11.2. The Kier molecular flexibility index (Phi) is 12.0. The van der Waals surface area contributed by atoms with Gasteiger partial charge in [0.25, 0.3) is 0 Å². The third-order valence-corrected chi connectivity index (χ3v) is 7.28.